The van der Waals surface area contributed by atoms with Crippen molar-refractivity contribution in [2.75, 3.05) is 7.11 Å². The minimum atomic E-state index is -0.424. The van der Waals surface area contributed by atoms with Crippen LogP contribution in [0.15, 0.2) is 0 Å². The first kappa shape index (κ1) is 11.6. The zero-order chi connectivity index (χ0) is 11.7. The summed E-state index contributed by atoms with van der Waals surface area (Å²) in [6.45, 7) is 2.19. The zero-order valence-electron chi connectivity index (χ0n) is 9.86. The summed E-state index contributed by atoms with van der Waals surface area (Å²) in [5, 5.41) is 3.26. The van der Waals surface area contributed by atoms with Crippen LogP contribution in [0.25, 0.3) is 0 Å². The third-order valence-corrected chi connectivity index (χ3v) is 3.83. The second-order valence-corrected chi connectivity index (χ2v) is 5.04. The largest absolute Gasteiger partial charge is 0.468 e. The van der Waals surface area contributed by atoms with E-state index in [1.54, 1.807) is 0 Å². The number of ether oxygens (including phenoxy) is 1. The molecule has 0 amide bonds. The van der Waals surface area contributed by atoms with Crippen molar-refractivity contribution in [2.24, 2.45) is 11.8 Å². The maximum absolute atomic E-state index is 12.0. The van der Waals surface area contributed by atoms with E-state index in [4.69, 9.17) is 0 Å². The molecule has 2 aliphatic rings. The number of carbonyl (C=O) groups is 2. The molecule has 0 aromatic rings. The number of carbonyl (C=O) groups excluding carboxylic acids is 2. The minimum absolute atomic E-state index is 0.115. The first-order valence-corrected chi connectivity index (χ1v) is 5.98. The molecular formula is C12H19NO3. The van der Waals surface area contributed by atoms with Crippen LogP contribution < -0.4 is 5.32 Å². The number of piperidine rings is 1. The molecule has 0 aromatic heterocycles. The van der Waals surface area contributed by atoms with Crippen LogP contribution in [-0.2, 0) is 14.3 Å². The van der Waals surface area contributed by atoms with Crippen LogP contribution in [0.4, 0.5) is 0 Å². The minimum Gasteiger partial charge on any atom is -0.468 e. The molecule has 2 fully saturated rings. The summed E-state index contributed by atoms with van der Waals surface area (Å²) in [5.74, 6) is 0.655. The number of fused-ring (bicyclic) bond motifs is 1. The Morgan fingerprint density at radius 3 is 2.88 bits per heavy atom. The Kier molecular flexibility index (Phi) is 3.28. The van der Waals surface area contributed by atoms with E-state index in [0.29, 0.717) is 12.3 Å². The molecule has 16 heavy (non-hydrogen) atoms. The van der Waals surface area contributed by atoms with Crippen LogP contribution in [0.3, 0.4) is 0 Å². The van der Waals surface area contributed by atoms with Crippen molar-refractivity contribution in [3.8, 4) is 0 Å². The summed E-state index contributed by atoms with van der Waals surface area (Å²) in [6, 6.07) is -0.242. The van der Waals surface area contributed by atoms with Gasteiger partial charge in [0.05, 0.1) is 7.11 Å². The SMILES string of the molecule is COC(=O)C1CC(=O)C2CC(C)CCC2N1. The molecule has 4 heteroatoms. The van der Waals surface area contributed by atoms with Gasteiger partial charge < -0.3 is 10.1 Å². The molecule has 4 unspecified atom stereocenters. The lowest BCUT2D eigenvalue weighted by atomic mass is 9.73. The van der Waals surface area contributed by atoms with E-state index in [2.05, 4.69) is 17.0 Å². The molecule has 0 aromatic carbocycles. The van der Waals surface area contributed by atoms with Gasteiger partial charge in [-0.3, -0.25) is 9.59 Å². The molecule has 1 heterocycles. The summed E-state index contributed by atoms with van der Waals surface area (Å²) in [7, 11) is 1.36. The van der Waals surface area contributed by atoms with Gasteiger partial charge in [0, 0.05) is 18.4 Å². The monoisotopic (exact) mass is 225 g/mol. The maximum atomic E-state index is 12.0. The molecule has 1 aliphatic carbocycles. The zero-order valence-corrected chi connectivity index (χ0v) is 9.86. The van der Waals surface area contributed by atoms with E-state index in [1.807, 2.05) is 0 Å². The molecule has 2 rings (SSSR count). The van der Waals surface area contributed by atoms with Gasteiger partial charge in [0.25, 0.3) is 0 Å². The molecule has 1 saturated heterocycles. The van der Waals surface area contributed by atoms with Gasteiger partial charge in [0.2, 0.25) is 0 Å². The van der Waals surface area contributed by atoms with Crippen LogP contribution in [0.1, 0.15) is 32.6 Å². The Balaban J connectivity index is 2.05. The van der Waals surface area contributed by atoms with Gasteiger partial charge in [-0.15, -0.1) is 0 Å². The van der Waals surface area contributed by atoms with Crippen molar-refractivity contribution in [3.05, 3.63) is 0 Å². The summed E-state index contributed by atoms with van der Waals surface area (Å²) in [4.78, 5) is 23.4. The average Bonchev–Trinajstić information content (AvgIpc) is 2.28. The first-order valence-electron chi connectivity index (χ1n) is 5.98. The average molecular weight is 225 g/mol. The molecule has 90 valence electrons. The van der Waals surface area contributed by atoms with Gasteiger partial charge in [0.15, 0.2) is 0 Å². The number of hydrogen-bond donors (Lipinski definition) is 1. The van der Waals surface area contributed by atoms with Gasteiger partial charge in [-0.05, 0) is 25.2 Å². The number of hydrogen-bond acceptors (Lipinski definition) is 4. The highest BCUT2D eigenvalue weighted by Crippen LogP contribution is 2.33. The Morgan fingerprint density at radius 1 is 1.44 bits per heavy atom. The number of methoxy groups -OCH3 is 1. The summed E-state index contributed by atoms with van der Waals surface area (Å²) in [6.07, 6.45) is 3.38. The Hall–Kier alpha value is -0.900. The summed E-state index contributed by atoms with van der Waals surface area (Å²) < 4.78 is 4.69. The molecule has 0 spiro atoms. The van der Waals surface area contributed by atoms with Crippen LogP contribution in [-0.4, -0.2) is 30.9 Å². The number of rotatable bonds is 1. The Labute approximate surface area is 95.7 Å². The third kappa shape index (κ3) is 2.12. The highest BCUT2D eigenvalue weighted by atomic mass is 16.5. The fraction of sp³-hybridized carbons (Fsp3) is 0.833. The molecule has 4 atom stereocenters. The molecule has 4 nitrogen and oxygen atoms in total. The van der Waals surface area contributed by atoms with Crippen molar-refractivity contribution in [2.45, 2.75) is 44.7 Å². The van der Waals surface area contributed by atoms with Crippen molar-refractivity contribution >= 4 is 11.8 Å². The number of ketones is 1. The fourth-order valence-corrected chi connectivity index (χ4v) is 2.90. The topological polar surface area (TPSA) is 55.4 Å². The second-order valence-electron chi connectivity index (χ2n) is 5.04. The normalized spacial score (nSPS) is 39.0. The number of Topliss-reactive ketones (excluding diaryl/α,β-unsaturated/α-hetero) is 1. The summed E-state index contributed by atoms with van der Waals surface area (Å²) >= 11 is 0. The van der Waals surface area contributed by atoms with Crippen molar-refractivity contribution in [1.82, 2.24) is 5.32 Å². The molecule has 0 bridgehead atoms. The highest BCUT2D eigenvalue weighted by Gasteiger charge is 2.41. The van der Waals surface area contributed by atoms with Crippen LogP contribution in [0.2, 0.25) is 0 Å². The van der Waals surface area contributed by atoms with Crippen molar-refractivity contribution < 1.29 is 14.3 Å². The van der Waals surface area contributed by atoms with Crippen molar-refractivity contribution in [3.63, 3.8) is 0 Å². The lowest BCUT2D eigenvalue weighted by Gasteiger charge is -2.40. The predicted molar refractivity (Wildman–Crippen MR) is 58.9 cm³/mol. The number of esters is 1. The van der Waals surface area contributed by atoms with Crippen LogP contribution in [0.5, 0.6) is 0 Å². The highest BCUT2D eigenvalue weighted by molar-refractivity contribution is 5.89. The van der Waals surface area contributed by atoms with Crippen LogP contribution >= 0.6 is 0 Å². The van der Waals surface area contributed by atoms with E-state index < -0.39 is 6.04 Å². The molecule has 1 N–H and O–H groups in total. The molecule has 1 aliphatic heterocycles. The summed E-state index contributed by atoms with van der Waals surface area (Å²) in [5.41, 5.74) is 0. The molecule has 0 radical (unpaired) electrons. The van der Waals surface area contributed by atoms with E-state index in [1.165, 1.54) is 7.11 Å². The number of nitrogens with one attached hydrogen (secondary N) is 1. The first-order chi connectivity index (χ1) is 7.61. The van der Waals surface area contributed by atoms with E-state index in [9.17, 15) is 9.59 Å². The van der Waals surface area contributed by atoms with E-state index >= 15 is 0 Å². The van der Waals surface area contributed by atoms with Gasteiger partial charge in [-0.1, -0.05) is 6.92 Å². The van der Waals surface area contributed by atoms with Gasteiger partial charge in [-0.2, -0.15) is 0 Å². The second kappa shape index (κ2) is 4.53. The Morgan fingerprint density at radius 2 is 2.19 bits per heavy atom. The third-order valence-electron chi connectivity index (χ3n) is 3.83. The van der Waals surface area contributed by atoms with Gasteiger partial charge in [0.1, 0.15) is 11.8 Å². The smallest absolute Gasteiger partial charge is 0.323 e. The fourth-order valence-electron chi connectivity index (χ4n) is 2.90. The van der Waals surface area contributed by atoms with Gasteiger partial charge in [-0.25, -0.2) is 0 Å². The van der Waals surface area contributed by atoms with Crippen molar-refractivity contribution in [1.29, 1.82) is 0 Å². The predicted octanol–water partition coefficient (Wildman–Crippen LogP) is 0.895. The van der Waals surface area contributed by atoms with Crippen LogP contribution in [0, 0.1) is 11.8 Å². The van der Waals surface area contributed by atoms with E-state index in [-0.39, 0.29) is 23.7 Å². The quantitative estimate of drug-likeness (QED) is 0.673. The van der Waals surface area contributed by atoms with Gasteiger partial charge >= 0.3 is 5.97 Å². The molecular weight excluding hydrogens is 206 g/mol. The lowest BCUT2D eigenvalue weighted by molar-refractivity contribution is -0.148. The lowest BCUT2D eigenvalue weighted by Crippen LogP contribution is -2.56. The van der Waals surface area contributed by atoms with E-state index in [0.717, 1.165) is 19.3 Å². The Bertz CT molecular complexity index is 303. The molecule has 1 saturated carbocycles. The maximum Gasteiger partial charge on any atom is 0.323 e. The standard InChI is InChI=1S/C12H19NO3/c1-7-3-4-9-8(5-7)11(14)6-10(13-9)12(15)16-2/h7-10,13H,3-6H2,1-2H3.